The number of nitrogens with zero attached hydrogens (tertiary/aromatic N) is 6. The molecule has 4 heterocycles. The van der Waals surface area contributed by atoms with Gasteiger partial charge in [0.1, 0.15) is 23.0 Å². The Labute approximate surface area is 562 Å². The number of hydrogen-bond donors (Lipinski definition) is 2. The normalized spacial score (nSPS) is 14.8. The predicted molar refractivity (Wildman–Crippen MR) is 383 cm³/mol. The standard InChI is InChI=1S/C41H50N4O4.C38H44N4O4/c1-5-47-41(48-6-2)33-16-14-31(15-17-33)28-42-36-18-19-37-34(27-36)20-21-45(37)40(46)35-11-9-10-32(26-35)29-43-22-24-44(25-23-43)38-12-7-8-13-39(38)49-30(3)4;1-27(2)46-37-12-6-5-11-34(37)41-21-19-40(20-22-41)26-28-9-7-10-30(23-28)38(43)42-18-17-29-24-31(15-16-33(29)42)39-25-32-35(44-3)13-8-14-36(32)45-4/h7-19,26-27,30,41-42H,5-6,20-25,28-29H2,1-4H3;5-16,23-24,27,39H,17-22,25-26H2,1-4H3. The van der Waals surface area contributed by atoms with Gasteiger partial charge in [-0.1, -0.05) is 78.9 Å². The average molecular weight is 1280 g/mol. The van der Waals surface area contributed by atoms with Crippen LogP contribution in [0.5, 0.6) is 23.0 Å². The van der Waals surface area contributed by atoms with Gasteiger partial charge >= 0.3 is 0 Å². The summed E-state index contributed by atoms with van der Waals surface area (Å²) < 4.78 is 34.7. The molecule has 2 amide bonds. The zero-order chi connectivity index (χ0) is 66.2. The molecule has 95 heavy (non-hydrogen) atoms. The molecule has 0 bridgehead atoms. The molecule has 12 rings (SSSR count). The fourth-order valence-electron chi connectivity index (χ4n) is 13.1. The number of benzene rings is 8. The summed E-state index contributed by atoms with van der Waals surface area (Å²) in [5, 5.41) is 7.06. The number of hydrogen-bond acceptors (Lipinski definition) is 14. The first-order chi connectivity index (χ1) is 46.3. The lowest BCUT2D eigenvalue weighted by Crippen LogP contribution is -2.46. The Hall–Kier alpha value is -9.06. The van der Waals surface area contributed by atoms with E-state index in [0.29, 0.717) is 39.4 Å². The van der Waals surface area contributed by atoms with Crippen LogP contribution in [0.2, 0.25) is 0 Å². The Bertz CT molecular complexity index is 3820. The third-order valence-electron chi connectivity index (χ3n) is 17.9. The van der Waals surface area contributed by atoms with Crippen molar-refractivity contribution in [2.45, 2.75) is 99.1 Å². The number of rotatable bonds is 25. The third kappa shape index (κ3) is 17.1. The van der Waals surface area contributed by atoms with Crippen LogP contribution in [0, 0.1) is 0 Å². The Morgan fingerprint density at radius 1 is 0.432 bits per heavy atom. The van der Waals surface area contributed by atoms with Crippen molar-refractivity contribution in [1.82, 2.24) is 9.80 Å². The molecule has 0 radical (unpaired) electrons. The van der Waals surface area contributed by atoms with Gasteiger partial charge in [-0.25, -0.2) is 0 Å². The van der Waals surface area contributed by atoms with Crippen molar-refractivity contribution in [3.8, 4) is 23.0 Å². The summed E-state index contributed by atoms with van der Waals surface area (Å²) in [6.07, 6.45) is 1.62. The average Bonchev–Trinajstić information content (AvgIpc) is 1.71. The van der Waals surface area contributed by atoms with Gasteiger partial charge in [-0.05, 0) is 179 Å². The molecule has 2 saturated heterocycles. The lowest BCUT2D eigenvalue weighted by atomic mass is 10.1. The van der Waals surface area contributed by atoms with Crippen LogP contribution < -0.4 is 49.2 Å². The number of fused-ring (bicyclic) bond motifs is 2. The first kappa shape index (κ1) is 67.4. The van der Waals surface area contributed by atoms with E-state index in [1.807, 2.05) is 84.3 Å². The Morgan fingerprint density at radius 2 is 0.863 bits per heavy atom. The van der Waals surface area contributed by atoms with Crippen LogP contribution in [0.4, 0.5) is 34.1 Å². The van der Waals surface area contributed by atoms with Gasteiger partial charge in [-0.2, -0.15) is 0 Å². The van der Waals surface area contributed by atoms with E-state index >= 15 is 0 Å². The molecule has 0 atom stereocenters. The molecule has 8 aromatic rings. The second kappa shape index (κ2) is 32.4. The number of anilines is 6. The molecule has 2 N–H and O–H groups in total. The zero-order valence-corrected chi connectivity index (χ0v) is 56.7. The van der Waals surface area contributed by atoms with Gasteiger partial charge in [-0.3, -0.25) is 19.4 Å². The molecule has 0 aliphatic carbocycles. The minimum atomic E-state index is -0.331. The number of para-hydroxylation sites is 4. The maximum Gasteiger partial charge on any atom is 0.258 e. The maximum absolute atomic E-state index is 13.8. The van der Waals surface area contributed by atoms with Crippen molar-refractivity contribution in [2.75, 3.05) is 123 Å². The molecule has 4 aliphatic heterocycles. The molecule has 4 aliphatic rings. The summed E-state index contributed by atoms with van der Waals surface area (Å²) in [6.45, 7) is 25.3. The van der Waals surface area contributed by atoms with Gasteiger partial charge < -0.3 is 58.7 Å². The van der Waals surface area contributed by atoms with Crippen LogP contribution in [0.15, 0.2) is 176 Å². The van der Waals surface area contributed by atoms with Gasteiger partial charge in [-0.15, -0.1) is 0 Å². The molecule has 0 spiro atoms. The van der Waals surface area contributed by atoms with E-state index in [4.69, 9.17) is 28.4 Å². The van der Waals surface area contributed by atoms with Gasteiger partial charge in [0.2, 0.25) is 0 Å². The van der Waals surface area contributed by atoms with Gasteiger partial charge in [0.05, 0.1) is 43.4 Å². The topological polar surface area (TPSA) is 133 Å². The molecule has 0 aromatic heterocycles. The van der Waals surface area contributed by atoms with Crippen molar-refractivity contribution >= 4 is 45.9 Å². The van der Waals surface area contributed by atoms with E-state index < -0.39 is 0 Å². The smallest absolute Gasteiger partial charge is 0.258 e. The molecule has 2 fully saturated rings. The second-order valence-corrected chi connectivity index (χ2v) is 25.1. The maximum atomic E-state index is 13.8. The van der Waals surface area contributed by atoms with Crippen LogP contribution in [-0.4, -0.2) is 127 Å². The van der Waals surface area contributed by atoms with Crippen LogP contribution in [-0.2, 0) is 48.5 Å². The van der Waals surface area contributed by atoms with Crippen molar-refractivity contribution in [2.24, 2.45) is 0 Å². The highest BCUT2D eigenvalue weighted by molar-refractivity contribution is 6.08. The fraction of sp³-hybridized carbons (Fsp3) is 0.367. The second-order valence-electron chi connectivity index (χ2n) is 25.1. The SMILES string of the molecule is CCOC(OCC)c1ccc(CNc2ccc3c(c2)CCN3C(=O)c2cccc(CN3CCN(c4ccccc4OC(C)C)CC3)c2)cc1.COc1cccc(OC)c1CNc1ccc2c(c1)CCN2C(=O)c1cccc(CN2CCN(c3ccccc3OC(C)C)CC2)c1. The molecule has 0 saturated carbocycles. The molecule has 8 aromatic carbocycles. The molecule has 0 unspecified atom stereocenters. The van der Waals surface area contributed by atoms with E-state index in [1.54, 1.807) is 14.2 Å². The third-order valence-corrected chi connectivity index (χ3v) is 17.9. The minimum absolute atomic E-state index is 0.0478. The predicted octanol–water partition coefficient (Wildman–Crippen LogP) is 14.3. The number of piperazine rings is 2. The van der Waals surface area contributed by atoms with E-state index in [0.717, 1.165) is 163 Å². The lowest BCUT2D eigenvalue weighted by Gasteiger charge is -2.37. The summed E-state index contributed by atoms with van der Waals surface area (Å²) >= 11 is 0. The number of amides is 2. The minimum Gasteiger partial charge on any atom is -0.496 e. The van der Waals surface area contributed by atoms with Gasteiger partial charge in [0.15, 0.2) is 6.29 Å². The number of carbonyl (C=O) groups is 2. The van der Waals surface area contributed by atoms with Gasteiger partial charge in [0.25, 0.3) is 11.8 Å². The Morgan fingerprint density at radius 3 is 1.31 bits per heavy atom. The zero-order valence-electron chi connectivity index (χ0n) is 56.7. The summed E-state index contributed by atoms with van der Waals surface area (Å²) in [5.41, 5.74) is 15.7. The summed E-state index contributed by atoms with van der Waals surface area (Å²) in [5.74, 6) is 3.57. The van der Waals surface area contributed by atoms with Crippen molar-refractivity contribution in [1.29, 1.82) is 0 Å². The van der Waals surface area contributed by atoms with E-state index in [9.17, 15) is 9.59 Å². The molecular formula is C79H94N8O8. The fourth-order valence-corrected chi connectivity index (χ4v) is 13.1. The summed E-state index contributed by atoms with van der Waals surface area (Å²) in [4.78, 5) is 41.1. The summed E-state index contributed by atoms with van der Waals surface area (Å²) in [7, 11) is 3.34. The first-order valence-corrected chi connectivity index (χ1v) is 33.9. The van der Waals surface area contributed by atoms with E-state index in [1.165, 1.54) is 22.3 Å². The molecule has 498 valence electrons. The van der Waals surface area contributed by atoms with Crippen LogP contribution in [0.25, 0.3) is 0 Å². The van der Waals surface area contributed by atoms with E-state index in [-0.39, 0.29) is 30.3 Å². The number of carbonyl (C=O) groups excluding carboxylic acids is 2. The Balaban J connectivity index is 0.000000194. The quantitative estimate of drug-likeness (QED) is 0.0526. The summed E-state index contributed by atoms with van der Waals surface area (Å²) in [6, 6.07) is 59.7. The van der Waals surface area contributed by atoms with Crippen LogP contribution >= 0.6 is 0 Å². The number of methoxy groups -OCH3 is 2. The monoisotopic (exact) mass is 1280 g/mol. The van der Waals surface area contributed by atoms with Crippen molar-refractivity contribution < 1.29 is 38.0 Å². The van der Waals surface area contributed by atoms with Crippen LogP contribution in [0.1, 0.15) is 107 Å². The van der Waals surface area contributed by atoms with Crippen LogP contribution in [0.3, 0.4) is 0 Å². The molecule has 16 nitrogen and oxygen atoms in total. The van der Waals surface area contributed by atoms with E-state index in [2.05, 4.69) is 173 Å². The van der Waals surface area contributed by atoms with Gasteiger partial charge in [0, 0.05) is 144 Å². The largest absolute Gasteiger partial charge is 0.496 e. The highest BCUT2D eigenvalue weighted by Crippen LogP contribution is 2.37. The molecular weight excluding hydrogens is 1190 g/mol. The number of ether oxygens (including phenoxy) is 6. The molecule has 16 heteroatoms. The lowest BCUT2D eigenvalue weighted by molar-refractivity contribution is -0.140. The first-order valence-electron chi connectivity index (χ1n) is 33.9. The Kier molecular flexibility index (Phi) is 23.0. The highest BCUT2D eigenvalue weighted by atomic mass is 16.7. The van der Waals surface area contributed by atoms with Crippen molar-refractivity contribution in [3.05, 3.63) is 226 Å². The highest BCUT2D eigenvalue weighted by Gasteiger charge is 2.29. The van der Waals surface area contributed by atoms with Crippen molar-refractivity contribution in [3.63, 3.8) is 0 Å². The number of nitrogens with one attached hydrogen (secondary N) is 2.